The summed E-state index contributed by atoms with van der Waals surface area (Å²) in [5.74, 6) is 0. The number of amides is 2. The molecule has 4 aliphatic heterocycles. The first-order valence-corrected chi connectivity index (χ1v) is 17.9. The Balaban J connectivity index is 0.000000201. The zero-order chi connectivity index (χ0) is 37.8. The van der Waals surface area contributed by atoms with E-state index in [9.17, 15) is 9.59 Å². The zero-order valence-corrected chi connectivity index (χ0v) is 31.7. The smallest absolute Gasteiger partial charge is 0.410 e. The van der Waals surface area contributed by atoms with Crippen molar-refractivity contribution in [2.45, 2.75) is 90.9 Å². The number of aromatic nitrogens is 2. The Kier molecular flexibility index (Phi) is 12.1. The number of morpholine rings is 2. The lowest BCUT2D eigenvalue weighted by Gasteiger charge is -2.46. The van der Waals surface area contributed by atoms with Crippen LogP contribution in [0.4, 0.5) is 21.0 Å². The van der Waals surface area contributed by atoms with Gasteiger partial charge in [0.2, 0.25) is 11.4 Å². The molecule has 2 aromatic rings. The molecular weight excluding hydrogens is 664 g/mol. The number of nitrogens with zero attached hydrogens (tertiary/aromatic N) is 8. The summed E-state index contributed by atoms with van der Waals surface area (Å²) in [5, 5.41) is 0. The summed E-state index contributed by atoms with van der Waals surface area (Å²) >= 11 is 0. The van der Waals surface area contributed by atoms with Crippen molar-refractivity contribution in [1.29, 1.82) is 0 Å². The third-order valence-electron chi connectivity index (χ3n) is 9.68. The van der Waals surface area contributed by atoms with E-state index in [4.69, 9.17) is 32.1 Å². The van der Waals surface area contributed by atoms with Gasteiger partial charge in [0.1, 0.15) is 11.2 Å². The van der Waals surface area contributed by atoms with Crippen molar-refractivity contribution in [3.05, 3.63) is 69.9 Å². The minimum Gasteiger partial charge on any atom is -0.444 e. The number of carbonyl (C=O) groups is 2. The van der Waals surface area contributed by atoms with Crippen molar-refractivity contribution in [2.24, 2.45) is 0 Å². The van der Waals surface area contributed by atoms with E-state index >= 15 is 0 Å². The molecule has 0 saturated carbocycles. The summed E-state index contributed by atoms with van der Waals surface area (Å²) in [7, 11) is 0. The molecular formula is C38H52N8O6. The van der Waals surface area contributed by atoms with Crippen LogP contribution in [0, 0.1) is 27.0 Å². The van der Waals surface area contributed by atoms with E-state index in [0.29, 0.717) is 50.8 Å². The van der Waals surface area contributed by atoms with Crippen LogP contribution in [-0.4, -0.2) is 131 Å². The van der Waals surface area contributed by atoms with E-state index in [2.05, 4.69) is 29.5 Å². The van der Waals surface area contributed by atoms with Crippen molar-refractivity contribution >= 4 is 23.6 Å². The summed E-state index contributed by atoms with van der Waals surface area (Å²) in [6, 6.07) is 0.342. The van der Waals surface area contributed by atoms with Gasteiger partial charge in [-0.25, -0.2) is 19.3 Å². The summed E-state index contributed by atoms with van der Waals surface area (Å²) in [4.78, 5) is 48.3. The van der Waals surface area contributed by atoms with Crippen LogP contribution < -0.4 is 0 Å². The first kappa shape index (κ1) is 38.9. The lowest BCUT2D eigenvalue weighted by Crippen LogP contribution is -2.60. The second kappa shape index (κ2) is 16.1. The van der Waals surface area contributed by atoms with Gasteiger partial charge < -0.3 is 28.7 Å². The Hall–Kier alpha value is -4.34. The Morgan fingerprint density at radius 3 is 1.40 bits per heavy atom. The average molecular weight is 717 g/mol. The fraction of sp³-hybridized carbons (Fsp3) is 0.632. The van der Waals surface area contributed by atoms with Crippen molar-refractivity contribution < 1.29 is 28.5 Å². The van der Waals surface area contributed by atoms with Gasteiger partial charge >= 0.3 is 12.2 Å². The highest BCUT2D eigenvalue weighted by molar-refractivity contribution is 5.69. The second-order valence-corrected chi connectivity index (χ2v) is 15.8. The normalized spacial score (nSPS) is 23.9. The number of hydrogen-bond donors (Lipinski definition) is 0. The van der Waals surface area contributed by atoms with Crippen LogP contribution in [0.1, 0.15) is 76.0 Å². The van der Waals surface area contributed by atoms with Gasteiger partial charge in [-0.3, -0.25) is 19.8 Å². The van der Waals surface area contributed by atoms with E-state index < -0.39 is 11.2 Å². The molecule has 0 radical (unpaired) electrons. The van der Waals surface area contributed by atoms with Crippen molar-refractivity contribution in [2.75, 3.05) is 65.6 Å². The highest BCUT2D eigenvalue weighted by Crippen LogP contribution is 2.33. The number of hydrogen-bond acceptors (Lipinski definition) is 10. The average Bonchev–Trinajstić information content (AvgIpc) is 3.10. The van der Waals surface area contributed by atoms with E-state index in [1.165, 1.54) is 0 Å². The number of carbonyl (C=O) groups excluding carboxylic acids is 2. The topological polar surface area (TPSA) is 119 Å². The molecule has 0 aromatic carbocycles. The number of ether oxygens (including phenoxy) is 4. The predicted octanol–water partition coefficient (Wildman–Crippen LogP) is 5.87. The van der Waals surface area contributed by atoms with Crippen molar-refractivity contribution in [3.63, 3.8) is 0 Å². The van der Waals surface area contributed by atoms with Crippen molar-refractivity contribution in [1.82, 2.24) is 29.6 Å². The number of piperazine rings is 2. The van der Waals surface area contributed by atoms with Gasteiger partial charge in [0.25, 0.3) is 0 Å². The molecule has 6 rings (SSSR count). The number of fused-ring (bicyclic) bond motifs is 2. The molecule has 52 heavy (non-hydrogen) atoms. The van der Waals surface area contributed by atoms with Gasteiger partial charge in [-0.1, -0.05) is 0 Å². The quantitative estimate of drug-likeness (QED) is 0.350. The van der Waals surface area contributed by atoms with E-state index in [-0.39, 0.29) is 36.5 Å². The third kappa shape index (κ3) is 9.55. The van der Waals surface area contributed by atoms with E-state index in [1.807, 2.05) is 55.4 Å². The maximum atomic E-state index is 12.3. The minimum atomic E-state index is -0.485. The maximum absolute atomic E-state index is 12.3. The Morgan fingerprint density at radius 2 is 1.06 bits per heavy atom. The molecule has 4 fully saturated rings. The highest BCUT2D eigenvalue weighted by atomic mass is 16.6. The lowest BCUT2D eigenvalue weighted by molar-refractivity contribution is -0.0910. The molecule has 14 heteroatoms. The molecule has 0 spiro atoms. The van der Waals surface area contributed by atoms with Crippen LogP contribution in [0.25, 0.3) is 9.69 Å². The fourth-order valence-electron chi connectivity index (χ4n) is 6.86. The molecule has 2 amide bonds. The SMILES string of the molecule is [C-]#[N+]c1cncc([C@@H]2CN3CCN(C(=O)OC(C)(C)C)C[C@H]3CO2)c1C.[C-]#[N+]c1cncc([C@H]2CN3CCN(C(=O)OC(C)(C)C)C[C@H]3CO2)c1C. The molecule has 14 nitrogen and oxygen atoms in total. The molecule has 0 bridgehead atoms. The van der Waals surface area contributed by atoms with Gasteiger partial charge in [0.15, 0.2) is 0 Å². The summed E-state index contributed by atoms with van der Waals surface area (Å²) in [6.45, 7) is 36.4. The zero-order valence-electron chi connectivity index (χ0n) is 31.7. The molecule has 0 N–H and O–H groups in total. The number of pyridine rings is 2. The maximum Gasteiger partial charge on any atom is 0.410 e. The molecule has 2 aromatic heterocycles. The lowest BCUT2D eigenvalue weighted by atomic mass is 10.0. The summed E-state index contributed by atoms with van der Waals surface area (Å²) < 4.78 is 23.1. The highest BCUT2D eigenvalue weighted by Gasteiger charge is 2.39. The van der Waals surface area contributed by atoms with Crippen LogP contribution in [0.5, 0.6) is 0 Å². The van der Waals surface area contributed by atoms with Crippen LogP contribution in [0.3, 0.4) is 0 Å². The second-order valence-electron chi connectivity index (χ2n) is 15.8. The Bertz CT molecular complexity index is 1570. The Morgan fingerprint density at radius 1 is 0.673 bits per heavy atom. The fourth-order valence-corrected chi connectivity index (χ4v) is 6.86. The first-order valence-electron chi connectivity index (χ1n) is 17.9. The van der Waals surface area contributed by atoms with E-state index in [1.54, 1.807) is 34.6 Å². The van der Waals surface area contributed by atoms with Crippen LogP contribution in [0.2, 0.25) is 0 Å². The molecule has 0 unspecified atom stereocenters. The van der Waals surface area contributed by atoms with Crippen LogP contribution >= 0.6 is 0 Å². The molecule has 6 heterocycles. The summed E-state index contributed by atoms with van der Waals surface area (Å²) in [5.41, 5.74) is 4.00. The van der Waals surface area contributed by atoms with Gasteiger partial charge in [0.05, 0.1) is 50.6 Å². The molecule has 0 aliphatic carbocycles. The van der Waals surface area contributed by atoms with Gasteiger partial charge in [-0.2, -0.15) is 0 Å². The van der Waals surface area contributed by atoms with Crippen LogP contribution in [-0.2, 0) is 18.9 Å². The molecule has 280 valence electrons. The van der Waals surface area contributed by atoms with Gasteiger partial charge in [-0.15, -0.1) is 0 Å². The monoisotopic (exact) mass is 716 g/mol. The minimum absolute atomic E-state index is 0.0893. The molecule has 4 saturated heterocycles. The third-order valence-corrected chi connectivity index (χ3v) is 9.68. The predicted molar refractivity (Wildman–Crippen MR) is 194 cm³/mol. The summed E-state index contributed by atoms with van der Waals surface area (Å²) in [6.07, 6.45) is 6.08. The van der Waals surface area contributed by atoms with Crippen molar-refractivity contribution in [3.8, 4) is 0 Å². The standard InChI is InChI=1S/2C19H26N4O3/c2*1-13-15(8-21-9-16(13)20-5)17-11-22-6-7-23(10-14(22)12-25-17)18(24)26-19(2,3)4/h2*8-9,14,17H,6-7,10-12H2,1-4H3/t14-,17+;14-,17-/m00/s1. The van der Waals surface area contributed by atoms with Gasteiger partial charge in [-0.05, 0) is 77.6 Å². The van der Waals surface area contributed by atoms with E-state index in [0.717, 1.165) is 48.4 Å². The molecule has 4 aliphatic rings. The number of rotatable bonds is 2. The first-order chi connectivity index (χ1) is 24.6. The molecule has 4 atom stereocenters. The Labute approximate surface area is 307 Å². The van der Waals surface area contributed by atoms with Gasteiger partial charge in [0, 0.05) is 77.1 Å². The van der Waals surface area contributed by atoms with Crippen LogP contribution in [0.15, 0.2) is 24.8 Å². The largest absolute Gasteiger partial charge is 0.444 e.